The van der Waals surface area contributed by atoms with E-state index in [4.69, 9.17) is 0 Å². The molecule has 3 amide bonds. The quantitative estimate of drug-likeness (QED) is 0.596. The molecule has 5 nitrogen and oxygen atoms in total. The van der Waals surface area contributed by atoms with E-state index in [1.54, 1.807) is 24.3 Å². The number of fused-ring (bicyclic) bond motifs is 1. The van der Waals surface area contributed by atoms with Crippen LogP contribution >= 0.6 is 0 Å². The highest BCUT2D eigenvalue weighted by Crippen LogP contribution is 2.31. The molecule has 1 aliphatic heterocycles. The molecule has 0 aromatic heterocycles. The summed E-state index contributed by atoms with van der Waals surface area (Å²) in [5, 5.41) is 2.97. The number of benzene rings is 3. The van der Waals surface area contributed by atoms with Gasteiger partial charge in [0, 0.05) is 18.0 Å². The first-order valence-corrected chi connectivity index (χ1v) is 10.4. The first kappa shape index (κ1) is 20.5. The largest absolute Gasteiger partial charge is 0.351 e. The lowest BCUT2D eigenvalue weighted by Crippen LogP contribution is -2.30. The van der Waals surface area contributed by atoms with Gasteiger partial charge in [0.15, 0.2) is 0 Å². The van der Waals surface area contributed by atoms with Crippen LogP contribution in [0, 0.1) is 6.92 Å². The van der Waals surface area contributed by atoms with Crippen molar-refractivity contribution in [2.24, 2.45) is 0 Å². The molecule has 0 spiro atoms. The number of hydrogen-bond acceptors (Lipinski definition) is 3. The zero-order valence-electron chi connectivity index (χ0n) is 17.6. The maximum absolute atomic E-state index is 13.0. The lowest BCUT2D eigenvalue weighted by molar-refractivity contribution is 0.0923. The van der Waals surface area contributed by atoms with E-state index >= 15 is 0 Å². The molecule has 0 fully saturated rings. The number of aryl methyl sites for hydroxylation is 1. The van der Waals surface area contributed by atoms with Gasteiger partial charge in [-0.15, -0.1) is 0 Å². The number of carbonyl (C=O) groups excluding carboxylic acids is 3. The first-order chi connectivity index (χ1) is 15.0. The zero-order chi connectivity index (χ0) is 22.0. The molecule has 1 heterocycles. The second-order valence-electron chi connectivity index (χ2n) is 7.72. The smallest absolute Gasteiger partial charge is 0.266 e. The fourth-order valence-corrected chi connectivity index (χ4v) is 3.96. The second kappa shape index (κ2) is 8.56. The molecule has 5 heteroatoms. The summed E-state index contributed by atoms with van der Waals surface area (Å²) < 4.78 is 0. The number of hydrogen-bond donors (Lipinski definition) is 1. The monoisotopic (exact) mass is 412 g/mol. The Morgan fingerprint density at radius 1 is 0.903 bits per heavy atom. The fourth-order valence-electron chi connectivity index (χ4n) is 3.96. The molecule has 156 valence electrons. The van der Waals surface area contributed by atoms with E-state index in [-0.39, 0.29) is 23.3 Å². The molecular weight excluding hydrogens is 388 g/mol. The van der Waals surface area contributed by atoms with Crippen molar-refractivity contribution in [3.8, 4) is 0 Å². The molecule has 0 saturated heterocycles. The Balaban J connectivity index is 1.53. The Kier molecular flexibility index (Phi) is 5.67. The van der Waals surface area contributed by atoms with Crippen molar-refractivity contribution in [3.05, 3.63) is 101 Å². The van der Waals surface area contributed by atoms with Crippen molar-refractivity contribution in [2.75, 3.05) is 11.4 Å². The predicted octanol–water partition coefficient (Wildman–Crippen LogP) is 4.72. The minimum Gasteiger partial charge on any atom is -0.351 e. The molecule has 4 rings (SSSR count). The van der Waals surface area contributed by atoms with Crippen LogP contribution < -0.4 is 10.2 Å². The average Bonchev–Trinajstić information content (AvgIpc) is 3.04. The van der Waals surface area contributed by atoms with Gasteiger partial charge in [0.05, 0.1) is 16.8 Å². The van der Waals surface area contributed by atoms with E-state index in [1.807, 2.05) is 37.3 Å². The number of nitrogens with zero attached hydrogens (tertiary/aromatic N) is 1. The molecule has 0 bridgehead atoms. The number of anilines is 1. The Labute approximate surface area is 181 Å². The van der Waals surface area contributed by atoms with Gasteiger partial charge in [0.25, 0.3) is 17.7 Å². The lowest BCUT2D eigenvalue weighted by Gasteiger charge is -2.16. The van der Waals surface area contributed by atoms with E-state index < -0.39 is 5.91 Å². The molecule has 1 atom stereocenters. The third-order valence-corrected chi connectivity index (χ3v) is 5.78. The Bertz CT molecular complexity index is 1150. The predicted molar refractivity (Wildman–Crippen MR) is 121 cm³/mol. The summed E-state index contributed by atoms with van der Waals surface area (Å²) in [5.74, 6) is -0.817. The standard InChI is InChI=1S/C26H24N2O3/c1-3-18(19-10-5-4-6-11-19)16-27-24(29)20-13-14-21-22(15-20)26(31)28(25(21)30)23-12-8-7-9-17(23)2/h4-15,18H,3,16H2,1-2H3,(H,27,29)/t18-/m0/s1. The Hall–Kier alpha value is -3.73. The highest BCUT2D eigenvalue weighted by Gasteiger charge is 2.37. The maximum Gasteiger partial charge on any atom is 0.266 e. The van der Waals surface area contributed by atoms with Gasteiger partial charge in [-0.05, 0) is 48.7 Å². The van der Waals surface area contributed by atoms with Crippen LogP contribution in [0.4, 0.5) is 5.69 Å². The molecule has 1 N–H and O–H groups in total. The van der Waals surface area contributed by atoms with Crippen LogP contribution in [0.15, 0.2) is 72.8 Å². The van der Waals surface area contributed by atoms with Crippen molar-refractivity contribution in [1.82, 2.24) is 5.32 Å². The summed E-state index contributed by atoms with van der Waals surface area (Å²) in [6.45, 7) is 4.44. The van der Waals surface area contributed by atoms with Gasteiger partial charge in [-0.1, -0.05) is 55.5 Å². The van der Waals surface area contributed by atoms with Crippen LogP contribution in [0.1, 0.15) is 61.5 Å². The van der Waals surface area contributed by atoms with Gasteiger partial charge in [0.2, 0.25) is 0 Å². The summed E-state index contributed by atoms with van der Waals surface area (Å²) in [6, 6.07) is 22.0. The van der Waals surface area contributed by atoms with Crippen molar-refractivity contribution in [2.45, 2.75) is 26.2 Å². The third kappa shape index (κ3) is 3.87. The number of nitrogens with one attached hydrogen (secondary N) is 1. The Morgan fingerprint density at radius 2 is 1.58 bits per heavy atom. The molecular formula is C26H24N2O3. The molecule has 0 aliphatic carbocycles. The second-order valence-corrected chi connectivity index (χ2v) is 7.72. The van der Waals surface area contributed by atoms with E-state index in [1.165, 1.54) is 16.5 Å². The maximum atomic E-state index is 13.0. The summed E-state index contributed by atoms with van der Waals surface area (Å²) >= 11 is 0. The van der Waals surface area contributed by atoms with Crippen LogP contribution in [0.2, 0.25) is 0 Å². The number of para-hydroxylation sites is 1. The van der Waals surface area contributed by atoms with E-state index in [2.05, 4.69) is 24.4 Å². The van der Waals surface area contributed by atoms with Crippen LogP contribution in [0.25, 0.3) is 0 Å². The van der Waals surface area contributed by atoms with Crippen molar-refractivity contribution in [3.63, 3.8) is 0 Å². The summed E-state index contributed by atoms with van der Waals surface area (Å²) in [7, 11) is 0. The van der Waals surface area contributed by atoms with Crippen molar-refractivity contribution < 1.29 is 14.4 Å². The van der Waals surface area contributed by atoms with Gasteiger partial charge in [-0.2, -0.15) is 0 Å². The van der Waals surface area contributed by atoms with Gasteiger partial charge in [-0.3, -0.25) is 14.4 Å². The molecule has 0 radical (unpaired) electrons. The summed E-state index contributed by atoms with van der Waals surface area (Å²) in [4.78, 5) is 39.8. The number of imide groups is 1. The van der Waals surface area contributed by atoms with Crippen molar-refractivity contribution in [1.29, 1.82) is 0 Å². The lowest BCUT2D eigenvalue weighted by atomic mass is 9.96. The fraction of sp³-hybridized carbons (Fsp3) is 0.192. The van der Waals surface area contributed by atoms with Gasteiger partial charge < -0.3 is 5.32 Å². The van der Waals surface area contributed by atoms with Crippen LogP contribution in [-0.2, 0) is 0 Å². The van der Waals surface area contributed by atoms with Crippen LogP contribution in [0.5, 0.6) is 0 Å². The van der Waals surface area contributed by atoms with Crippen LogP contribution in [-0.4, -0.2) is 24.3 Å². The molecule has 0 saturated carbocycles. The molecule has 1 aliphatic rings. The normalized spacial score (nSPS) is 13.8. The Morgan fingerprint density at radius 3 is 2.29 bits per heavy atom. The van der Waals surface area contributed by atoms with E-state index in [0.717, 1.165) is 12.0 Å². The molecule has 31 heavy (non-hydrogen) atoms. The van der Waals surface area contributed by atoms with E-state index in [0.29, 0.717) is 23.4 Å². The molecule has 3 aromatic rings. The van der Waals surface area contributed by atoms with Crippen LogP contribution in [0.3, 0.4) is 0 Å². The molecule has 0 unspecified atom stereocenters. The summed E-state index contributed by atoms with van der Waals surface area (Å²) in [5.41, 5.74) is 3.52. The highest BCUT2D eigenvalue weighted by molar-refractivity contribution is 6.35. The third-order valence-electron chi connectivity index (χ3n) is 5.78. The zero-order valence-corrected chi connectivity index (χ0v) is 17.6. The average molecular weight is 412 g/mol. The highest BCUT2D eigenvalue weighted by atomic mass is 16.2. The number of carbonyl (C=O) groups is 3. The van der Waals surface area contributed by atoms with E-state index in [9.17, 15) is 14.4 Å². The minimum absolute atomic E-state index is 0.208. The summed E-state index contributed by atoms with van der Waals surface area (Å²) in [6.07, 6.45) is 0.896. The van der Waals surface area contributed by atoms with Crippen molar-refractivity contribution >= 4 is 23.4 Å². The van der Waals surface area contributed by atoms with Gasteiger partial charge in [0.1, 0.15) is 0 Å². The first-order valence-electron chi connectivity index (χ1n) is 10.4. The van der Waals surface area contributed by atoms with Gasteiger partial charge >= 0.3 is 0 Å². The number of rotatable bonds is 6. The minimum atomic E-state index is -0.403. The van der Waals surface area contributed by atoms with Gasteiger partial charge in [-0.25, -0.2) is 4.90 Å². The molecule has 3 aromatic carbocycles. The SMILES string of the molecule is CC[C@@H](CNC(=O)c1ccc2c(c1)C(=O)N(c1ccccc1C)C2=O)c1ccccc1. The number of amides is 3. The topological polar surface area (TPSA) is 66.5 Å².